The monoisotopic (exact) mass is 520 g/mol. The Bertz CT molecular complexity index is 1510. The van der Waals surface area contributed by atoms with E-state index in [1.54, 1.807) is 0 Å². The molecule has 2 saturated heterocycles. The average molecular weight is 521 g/mol. The summed E-state index contributed by atoms with van der Waals surface area (Å²) in [7, 11) is 2.18. The number of piperazine rings is 1. The quantitative estimate of drug-likeness (QED) is 0.398. The normalized spacial score (nSPS) is 18.6. The maximum atomic E-state index is 5.18. The lowest BCUT2D eigenvalue weighted by atomic mass is 10.0. The molecule has 8 nitrogen and oxygen atoms in total. The summed E-state index contributed by atoms with van der Waals surface area (Å²) in [5.41, 5.74) is 8.62. The Morgan fingerprint density at radius 1 is 0.923 bits per heavy atom. The molecule has 0 aromatic carbocycles. The van der Waals surface area contributed by atoms with Gasteiger partial charge < -0.3 is 20.1 Å². The van der Waals surface area contributed by atoms with Gasteiger partial charge in [0, 0.05) is 80.1 Å². The van der Waals surface area contributed by atoms with Crippen molar-refractivity contribution in [3.05, 3.63) is 71.9 Å². The van der Waals surface area contributed by atoms with Gasteiger partial charge in [0.2, 0.25) is 0 Å². The third kappa shape index (κ3) is 4.90. The van der Waals surface area contributed by atoms with E-state index >= 15 is 0 Å². The van der Waals surface area contributed by atoms with Crippen LogP contribution in [-0.4, -0.2) is 82.6 Å². The summed E-state index contributed by atoms with van der Waals surface area (Å²) >= 11 is 0. The number of hydrogen-bond acceptors (Lipinski definition) is 7. The summed E-state index contributed by atoms with van der Waals surface area (Å²) in [5, 5.41) is 4.68. The molecular weight excluding hydrogens is 484 g/mol. The Morgan fingerprint density at radius 2 is 1.79 bits per heavy atom. The van der Waals surface area contributed by atoms with E-state index in [0.717, 1.165) is 84.5 Å². The molecule has 0 amide bonds. The minimum Gasteiger partial charge on any atom is -0.380 e. The van der Waals surface area contributed by atoms with Crippen LogP contribution in [0.2, 0.25) is 0 Å². The fourth-order valence-corrected chi connectivity index (χ4v) is 6.11. The van der Waals surface area contributed by atoms with Gasteiger partial charge in [0.15, 0.2) is 0 Å². The summed E-state index contributed by atoms with van der Waals surface area (Å²) in [5.74, 6) is 1.07. The van der Waals surface area contributed by atoms with E-state index in [2.05, 4.69) is 73.4 Å². The van der Waals surface area contributed by atoms with E-state index in [1.807, 2.05) is 18.6 Å². The number of piperidine rings is 1. The number of likely N-dealkylation sites (tertiary alicyclic amines) is 1. The fraction of sp³-hybridized carbons (Fsp3) is 0.387. The largest absolute Gasteiger partial charge is 0.380 e. The highest BCUT2D eigenvalue weighted by molar-refractivity contribution is 5.96. The number of aromatic amines is 1. The predicted octanol–water partition coefficient (Wildman–Crippen LogP) is 4.61. The van der Waals surface area contributed by atoms with Gasteiger partial charge in [-0.3, -0.25) is 9.88 Å². The maximum Gasteiger partial charge on any atom is 0.138 e. The van der Waals surface area contributed by atoms with Crippen LogP contribution < -0.4 is 10.2 Å². The van der Waals surface area contributed by atoms with Crippen LogP contribution in [0.1, 0.15) is 36.2 Å². The lowest BCUT2D eigenvalue weighted by Gasteiger charge is -2.33. The molecule has 2 N–H and O–H groups in total. The minimum atomic E-state index is 0.773. The molecule has 4 aromatic heterocycles. The maximum absolute atomic E-state index is 5.18. The van der Waals surface area contributed by atoms with Crippen LogP contribution in [0.15, 0.2) is 55.0 Å². The second-order valence-electron chi connectivity index (χ2n) is 11.1. The van der Waals surface area contributed by atoms with Crippen LogP contribution in [0.4, 0.5) is 11.5 Å². The van der Waals surface area contributed by atoms with E-state index in [1.165, 1.54) is 43.3 Å². The first-order valence-corrected chi connectivity index (χ1v) is 14.2. The zero-order valence-corrected chi connectivity index (χ0v) is 22.7. The molecule has 0 radical (unpaired) electrons. The zero-order valence-electron chi connectivity index (χ0n) is 22.7. The lowest BCUT2D eigenvalue weighted by molar-refractivity contribution is 0.220. The molecule has 8 heteroatoms. The van der Waals surface area contributed by atoms with Crippen LogP contribution >= 0.6 is 0 Å². The molecule has 3 aliphatic heterocycles. The second-order valence-corrected chi connectivity index (χ2v) is 11.1. The molecule has 200 valence electrons. The van der Waals surface area contributed by atoms with Crippen LogP contribution in [0.3, 0.4) is 0 Å². The molecule has 2 fully saturated rings. The molecule has 7 heterocycles. The Morgan fingerprint density at radius 3 is 2.67 bits per heavy atom. The summed E-state index contributed by atoms with van der Waals surface area (Å²) in [6, 6.07) is 10.8. The number of rotatable bonds is 5. The van der Waals surface area contributed by atoms with Crippen molar-refractivity contribution in [1.29, 1.82) is 0 Å². The molecule has 0 atom stereocenters. The van der Waals surface area contributed by atoms with E-state index in [-0.39, 0.29) is 0 Å². The van der Waals surface area contributed by atoms with Gasteiger partial charge in [-0.2, -0.15) is 0 Å². The van der Waals surface area contributed by atoms with Crippen LogP contribution in [-0.2, 0) is 6.54 Å². The highest BCUT2D eigenvalue weighted by atomic mass is 15.3. The summed E-state index contributed by atoms with van der Waals surface area (Å²) in [4.78, 5) is 25.6. The van der Waals surface area contributed by atoms with Crippen LogP contribution in [0.25, 0.3) is 27.7 Å². The van der Waals surface area contributed by atoms with Crippen molar-refractivity contribution < 1.29 is 0 Å². The van der Waals surface area contributed by atoms with Crippen molar-refractivity contribution in [2.75, 3.05) is 63.1 Å². The number of hydrogen-bond donors (Lipinski definition) is 2. The number of aromatic nitrogens is 4. The average Bonchev–Trinajstić information content (AvgIpc) is 3.42. The van der Waals surface area contributed by atoms with Gasteiger partial charge in [-0.1, -0.05) is 12.5 Å². The molecule has 0 aliphatic carbocycles. The van der Waals surface area contributed by atoms with Crippen molar-refractivity contribution in [2.45, 2.75) is 25.8 Å². The summed E-state index contributed by atoms with van der Waals surface area (Å²) in [6.45, 7) is 8.19. The molecular formula is C31H36N8. The smallest absolute Gasteiger partial charge is 0.138 e. The molecule has 7 rings (SSSR count). The number of nitrogens with zero attached hydrogens (tertiary/aromatic N) is 6. The van der Waals surface area contributed by atoms with Gasteiger partial charge in [0.05, 0.1) is 22.6 Å². The fourth-order valence-electron chi connectivity index (χ4n) is 6.11. The van der Waals surface area contributed by atoms with Crippen molar-refractivity contribution >= 4 is 28.0 Å². The third-order valence-corrected chi connectivity index (χ3v) is 8.31. The number of anilines is 2. The van der Waals surface area contributed by atoms with Crippen LogP contribution in [0, 0.1) is 0 Å². The Labute approximate surface area is 229 Å². The number of fused-ring (bicyclic) bond motifs is 2. The number of likely N-dealkylation sites (N-methyl/N-ethyl adjacent to an activating group) is 1. The van der Waals surface area contributed by atoms with Crippen molar-refractivity contribution in [3.63, 3.8) is 0 Å². The van der Waals surface area contributed by atoms with Gasteiger partial charge in [0.25, 0.3) is 0 Å². The molecule has 0 bridgehead atoms. The van der Waals surface area contributed by atoms with Gasteiger partial charge >= 0.3 is 0 Å². The van der Waals surface area contributed by atoms with Crippen molar-refractivity contribution in [1.82, 2.24) is 29.7 Å². The highest BCUT2D eigenvalue weighted by Gasteiger charge is 2.22. The second kappa shape index (κ2) is 10.4. The van der Waals surface area contributed by atoms with E-state index in [4.69, 9.17) is 9.97 Å². The van der Waals surface area contributed by atoms with Gasteiger partial charge in [-0.05, 0) is 68.9 Å². The first kappa shape index (κ1) is 24.3. The Balaban J connectivity index is 1.20. The standard InChI is InChI=1S/C31H36N8/c1-37-13-15-39(16-14-37)31-25-18-29(35-27(25)8-10-34-31)24-7-9-33-28-6-5-26(36-30(24)28)23-17-22(19-32-20-23)21-38-11-3-2-4-12-38/h5-8,10,17-20,33,35H,2-4,9,11-16,21H2,1H3. The molecule has 0 unspecified atom stereocenters. The molecule has 39 heavy (non-hydrogen) atoms. The van der Waals surface area contributed by atoms with E-state index in [0.29, 0.717) is 0 Å². The number of pyridine rings is 3. The van der Waals surface area contributed by atoms with E-state index < -0.39 is 0 Å². The predicted molar refractivity (Wildman–Crippen MR) is 158 cm³/mol. The third-order valence-electron chi connectivity index (χ3n) is 8.31. The van der Waals surface area contributed by atoms with Gasteiger partial charge in [-0.25, -0.2) is 9.97 Å². The van der Waals surface area contributed by atoms with E-state index in [9.17, 15) is 0 Å². The Hall–Kier alpha value is -3.75. The zero-order chi connectivity index (χ0) is 26.2. The molecule has 3 aliphatic rings. The van der Waals surface area contributed by atoms with Crippen molar-refractivity contribution in [3.8, 4) is 11.3 Å². The number of nitrogens with one attached hydrogen (secondary N) is 2. The summed E-state index contributed by atoms with van der Waals surface area (Å²) in [6.07, 6.45) is 12.0. The Kier molecular flexibility index (Phi) is 6.50. The molecule has 4 aromatic rings. The summed E-state index contributed by atoms with van der Waals surface area (Å²) < 4.78 is 0. The topological polar surface area (TPSA) is 76.2 Å². The lowest BCUT2D eigenvalue weighted by Crippen LogP contribution is -2.44. The van der Waals surface area contributed by atoms with Crippen LogP contribution in [0.5, 0.6) is 0 Å². The van der Waals surface area contributed by atoms with Gasteiger partial charge in [0.1, 0.15) is 5.82 Å². The molecule has 0 spiro atoms. The van der Waals surface area contributed by atoms with Crippen molar-refractivity contribution in [2.24, 2.45) is 0 Å². The molecule has 0 saturated carbocycles. The van der Waals surface area contributed by atoms with Gasteiger partial charge in [-0.15, -0.1) is 0 Å². The minimum absolute atomic E-state index is 0.773. The SMILES string of the molecule is CN1CCN(c2nccc3[nH]c(C4=CCNc5ccc(-c6cncc(CN7CCCCC7)c6)nc54)cc23)CC1. The first-order valence-electron chi connectivity index (χ1n) is 14.2. The first-order chi connectivity index (χ1) is 19.2. The number of H-pyrrole nitrogens is 1. The highest BCUT2D eigenvalue weighted by Crippen LogP contribution is 2.36.